The fourth-order valence-electron chi connectivity index (χ4n) is 3.98. The molecule has 2 aromatic carbocycles. The van der Waals surface area contributed by atoms with Crippen LogP contribution >= 0.6 is 0 Å². The molecule has 3 heterocycles. The summed E-state index contributed by atoms with van der Waals surface area (Å²) in [6, 6.07) is 9.58. The molecule has 11 nitrogen and oxygen atoms in total. The zero-order chi connectivity index (χ0) is 23.9. The molecule has 4 aromatic rings. The van der Waals surface area contributed by atoms with Crippen LogP contribution in [0.15, 0.2) is 45.9 Å². The highest BCUT2D eigenvalue weighted by atomic mass is 32.2. The lowest BCUT2D eigenvalue weighted by atomic mass is 10.1. The van der Waals surface area contributed by atoms with Crippen LogP contribution in [0.3, 0.4) is 0 Å². The van der Waals surface area contributed by atoms with E-state index in [0.717, 1.165) is 24.3 Å². The molecule has 2 N–H and O–H groups in total. The molecule has 0 unspecified atom stereocenters. The molecule has 12 heteroatoms. The number of nitriles is 1. The van der Waals surface area contributed by atoms with Crippen molar-refractivity contribution in [3.8, 4) is 17.6 Å². The Kier molecular flexibility index (Phi) is 5.35. The highest BCUT2D eigenvalue weighted by Crippen LogP contribution is 2.36. The standard InChI is InChI=1S/C22H20N6O5S/c1-31-17-5-13(8-23)3-4-20(17)34(29,30)27-22-21-18(32-2)6-14(7-19(21)33-26-22)12-28-16-11-24-9-15(16)10-25-28/h3-7,10,24H,9,11-12H2,1-2H3,(H,26,27). The van der Waals surface area contributed by atoms with Gasteiger partial charge in [0.2, 0.25) is 0 Å². The molecule has 0 saturated carbocycles. The van der Waals surface area contributed by atoms with Crippen molar-refractivity contribution < 1.29 is 22.4 Å². The summed E-state index contributed by atoms with van der Waals surface area (Å²) in [7, 11) is -1.29. The van der Waals surface area contributed by atoms with Gasteiger partial charge in [-0.15, -0.1) is 0 Å². The van der Waals surface area contributed by atoms with Crippen molar-refractivity contribution in [2.75, 3.05) is 18.9 Å². The van der Waals surface area contributed by atoms with Gasteiger partial charge in [-0.3, -0.25) is 9.40 Å². The summed E-state index contributed by atoms with van der Waals surface area (Å²) in [5.41, 5.74) is 3.79. The smallest absolute Gasteiger partial charge is 0.266 e. The summed E-state index contributed by atoms with van der Waals surface area (Å²) >= 11 is 0. The van der Waals surface area contributed by atoms with E-state index in [9.17, 15) is 8.42 Å². The second-order valence-corrected chi connectivity index (χ2v) is 9.31. The average Bonchev–Trinajstić information content (AvgIpc) is 3.56. The molecule has 34 heavy (non-hydrogen) atoms. The monoisotopic (exact) mass is 480 g/mol. The van der Waals surface area contributed by atoms with Crippen molar-refractivity contribution in [3.63, 3.8) is 0 Å². The van der Waals surface area contributed by atoms with Crippen molar-refractivity contribution in [1.29, 1.82) is 5.26 Å². The third kappa shape index (κ3) is 3.70. The molecule has 0 saturated heterocycles. The zero-order valence-corrected chi connectivity index (χ0v) is 19.1. The third-order valence-corrected chi connectivity index (χ3v) is 6.98. The molecule has 0 radical (unpaired) electrons. The topological polar surface area (TPSA) is 144 Å². The Morgan fingerprint density at radius 3 is 2.79 bits per heavy atom. The van der Waals surface area contributed by atoms with E-state index in [4.69, 9.17) is 19.3 Å². The molecule has 0 spiro atoms. The number of fused-ring (bicyclic) bond motifs is 2. The van der Waals surface area contributed by atoms with Crippen molar-refractivity contribution in [3.05, 3.63) is 58.9 Å². The maximum absolute atomic E-state index is 13.1. The van der Waals surface area contributed by atoms with Gasteiger partial charge in [-0.1, -0.05) is 5.16 Å². The summed E-state index contributed by atoms with van der Waals surface area (Å²) < 4.78 is 46.7. The highest BCUT2D eigenvalue weighted by Gasteiger charge is 2.25. The van der Waals surface area contributed by atoms with Crippen LogP contribution in [0.2, 0.25) is 0 Å². The van der Waals surface area contributed by atoms with E-state index in [-0.39, 0.29) is 22.0 Å². The SMILES string of the molecule is COc1cc(C#N)ccc1S(=O)(=O)Nc1noc2cc(Cn3ncc4c3CNC4)cc(OC)c12. The number of nitrogens with zero attached hydrogens (tertiary/aromatic N) is 4. The van der Waals surface area contributed by atoms with Gasteiger partial charge in [0, 0.05) is 18.7 Å². The van der Waals surface area contributed by atoms with E-state index < -0.39 is 10.0 Å². The van der Waals surface area contributed by atoms with Gasteiger partial charge in [0.15, 0.2) is 11.4 Å². The number of hydrogen-bond donors (Lipinski definition) is 2. The lowest BCUT2D eigenvalue weighted by Crippen LogP contribution is -2.14. The van der Waals surface area contributed by atoms with Crippen molar-refractivity contribution in [2.45, 2.75) is 24.5 Å². The fraction of sp³-hybridized carbons (Fsp3) is 0.227. The van der Waals surface area contributed by atoms with Crippen LogP contribution in [0, 0.1) is 11.3 Å². The maximum Gasteiger partial charge on any atom is 0.266 e. The number of rotatable bonds is 7. The average molecular weight is 481 g/mol. The number of aromatic nitrogens is 3. The Bertz CT molecular complexity index is 1550. The minimum absolute atomic E-state index is 0.0195. The predicted molar refractivity (Wildman–Crippen MR) is 121 cm³/mol. The minimum Gasteiger partial charge on any atom is -0.496 e. The first-order valence-corrected chi connectivity index (χ1v) is 11.7. The number of benzene rings is 2. The van der Waals surface area contributed by atoms with Crippen LogP contribution in [-0.2, 0) is 29.7 Å². The number of ether oxygens (including phenoxy) is 2. The molecule has 0 atom stereocenters. The summed E-state index contributed by atoms with van der Waals surface area (Å²) in [5.74, 6) is 0.420. The number of anilines is 1. The van der Waals surface area contributed by atoms with E-state index in [2.05, 4.69) is 20.3 Å². The maximum atomic E-state index is 13.1. The van der Waals surface area contributed by atoms with Crippen LogP contribution < -0.4 is 19.5 Å². The van der Waals surface area contributed by atoms with Gasteiger partial charge in [0.25, 0.3) is 10.0 Å². The fourth-order valence-corrected chi connectivity index (χ4v) is 5.14. The van der Waals surface area contributed by atoms with E-state index in [1.54, 1.807) is 12.1 Å². The molecular weight excluding hydrogens is 460 g/mol. The van der Waals surface area contributed by atoms with Crippen LogP contribution in [-0.4, -0.2) is 37.6 Å². The van der Waals surface area contributed by atoms with Crippen LogP contribution in [0.5, 0.6) is 11.5 Å². The molecule has 1 aliphatic rings. The summed E-state index contributed by atoms with van der Waals surface area (Å²) in [4.78, 5) is -0.137. The molecule has 0 fully saturated rings. The number of methoxy groups -OCH3 is 2. The largest absolute Gasteiger partial charge is 0.496 e. The summed E-state index contributed by atoms with van der Waals surface area (Å²) in [6.07, 6.45) is 1.85. The molecular formula is C22H20N6O5S. The lowest BCUT2D eigenvalue weighted by Gasteiger charge is -2.11. The molecule has 1 aliphatic heterocycles. The Morgan fingerprint density at radius 1 is 1.21 bits per heavy atom. The summed E-state index contributed by atoms with van der Waals surface area (Å²) in [6.45, 7) is 2.04. The van der Waals surface area contributed by atoms with Gasteiger partial charge >= 0.3 is 0 Å². The normalized spacial score (nSPS) is 13.0. The number of hydrogen-bond acceptors (Lipinski definition) is 9. The third-order valence-electron chi connectivity index (χ3n) is 5.61. The molecule has 0 bridgehead atoms. The quantitative estimate of drug-likeness (QED) is 0.407. The van der Waals surface area contributed by atoms with E-state index in [1.165, 1.54) is 38.0 Å². The van der Waals surface area contributed by atoms with Gasteiger partial charge in [0.05, 0.1) is 44.3 Å². The first-order chi connectivity index (χ1) is 16.4. The molecule has 0 amide bonds. The van der Waals surface area contributed by atoms with Crippen molar-refractivity contribution >= 4 is 26.8 Å². The Balaban J connectivity index is 1.50. The van der Waals surface area contributed by atoms with Crippen molar-refractivity contribution in [2.24, 2.45) is 0 Å². The van der Waals surface area contributed by atoms with Crippen LogP contribution in [0.25, 0.3) is 11.0 Å². The highest BCUT2D eigenvalue weighted by molar-refractivity contribution is 7.92. The second-order valence-electron chi connectivity index (χ2n) is 7.66. The lowest BCUT2D eigenvalue weighted by molar-refractivity contribution is 0.402. The molecule has 0 aliphatic carbocycles. The van der Waals surface area contributed by atoms with Crippen LogP contribution in [0.1, 0.15) is 22.4 Å². The van der Waals surface area contributed by atoms with Gasteiger partial charge in [-0.2, -0.15) is 10.4 Å². The molecule has 174 valence electrons. The van der Waals surface area contributed by atoms with Crippen molar-refractivity contribution in [1.82, 2.24) is 20.3 Å². The second kappa shape index (κ2) is 8.36. The van der Waals surface area contributed by atoms with Gasteiger partial charge in [-0.05, 0) is 35.9 Å². The van der Waals surface area contributed by atoms with E-state index >= 15 is 0 Å². The Labute approximate surface area is 194 Å². The van der Waals surface area contributed by atoms with E-state index in [1.807, 2.05) is 16.9 Å². The Morgan fingerprint density at radius 2 is 2.03 bits per heavy atom. The first kappa shape index (κ1) is 21.7. The first-order valence-electron chi connectivity index (χ1n) is 10.2. The number of nitrogens with one attached hydrogen (secondary N) is 2. The van der Waals surface area contributed by atoms with E-state index in [0.29, 0.717) is 23.3 Å². The van der Waals surface area contributed by atoms with Gasteiger partial charge in [-0.25, -0.2) is 8.42 Å². The minimum atomic E-state index is -4.11. The molecule has 2 aromatic heterocycles. The van der Waals surface area contributed by atoms with Gasteiger partial charge in [0.1, 0.15) is 21.8 Å². The Hall–Kier alpha value is -4.08. The molecule has 5 rings (SSSR count). The predicted octanol–water partition coefficient (Wildman–Crippen LogP) is 2.37. The summed E-state index contributed by atoms with van der Waals surface area (Å²) in [5, 5.41) is 21.1. The van der Waals surface area contributed by atoms with Gasteiger partial charge < -0.3 is 19.3 Å². The van der Waals surface area contributed by atoms with Crippen LogP contribution in [0.4, 0.5) is 5.82 Å². The zero-order valence-electron chi connectivity index (χ0n) is 18.3. The number of sulfonamides is 1.